The summed E-state index contributed by atoms with van der Waals surface area (Å²) >= 11 is 3.36. The zero-order valence-electron chi connectivity index (χ0n) is 7.63. The molecule has 0 spiro atoms. The highest BCUT2D eigenvalue weighted by atomic mass is 79.9. The monoisotopic (exact) mass is 243 g/mol. The van der Waals surface area contributed by atoms with Gasteiger partial charge in [-0.3, -0.25) is 0 Å². The molecule has 1 atom stereocenters. The minimum Gasteiger partial charge on any atom is -0.396 e. The number of hydrogen-bond donors (Lipinski definition) is 2. The molecule has 1 aromatic carbocycles. The highest BCUT2D eigenvalue weighted by Crippen LogP contribution is 2.22. The molecule has 72 valence electrons. The van der Waals surface area contributed by atoms with E-state index in [0.717, 1.165) is 10.0 Å². The Hall–Kier alpha value is -0.380. The Balaban J connectivity index is 2.87. The van der Waals surface area contributed by atoms with Gasteiger partial charge in [-0.05, 0) is 31.0 Å². The van der Waals surface area contributed by atoms with Crippen molar-refractivity contribution in [1.29, 1.82) is 0 Å². The van der Waals surface area contributed by atoms with Crippen molar-refractivity contribution in [2.45, 2.75) is 18.9 Å². The molecule has 1 rings (SSSR count). The quantitative estimate of drug-likeness (QED) is 0.854. The van der Waals surface area contributed by atoms with Gasteiger partial charge in [0.2, 0.25) is 0 Å². The van der Waals surface area contributed by atoms with E-state index >= 15 is 0 Å². The minimum absolute atomic E-state index is 0.114. The van der Waals surface area contributed by atoms with E-state index in [1.807, 2.05) is 31.2 Å². The lowest BCUT2D eigenvalue weighted by molar-refractivity contribution is 0.247. The summed E-state index contributed by atoms with van der Waals surface area (Å²) < 4.78 is 1.04. The van der Waals surface area contributed by atoms with Gasteiger partial charge in [0.15, 0.2) is 0 Å². The molecule has 0 aliphatic rings. The van der Waals surface area contributed by atoms with Crippen LogP contribution in [0.25, 0.3) is 0 Å². The van der Waals surface area contributed by atoms with Gasteiger partial charge in [0.1, 0.15) is 0 Å². The van der Waals surface area contributed by atoms with Crippen molar-refractivity contribution in [3.8, 4) is 0 Å². The van der Waals surface area contributed by atoms with Crippen LogP contribution in [0, 0.1) is 0 Å². The van der Waals surface area contributed by atoms with Gasteiger partial charge in [0.25, 0.3) is 0 Å². The van der Waals surface area contributed by atoms with Crippen LogP contribution in [0.2, 0.25) is 0 Å². The topological polar surface area (TPSA) is 46.2 Å². The maximum atomic E-state index is 8.83. The Labute approximate surface area is 86.9 Å². The normalized spacial score (nSPS) is 15.4. The second kappa shape index (κ2) is 4.22. The molecule has 0 aliphatic heterocycles. The molecule has 0 saturated heterocycles. The van der Waals surface area contributed by atoms with Gasteiger partial charge in [0.05, 0.1) is 0 Å². The molecule has 0 bridgehead atoms. The standard InChI is InChI=1S/C10H14BrNO/c1-10(12,6-7-13)8-2-4-9(11)5-3-8/h2-5,13H,6-7,12H2,1H3. The predicted molar refractivity (Wildman–Crippen MR) is 57.4 cm³/mol. The molecule has 1 unspecified atom stereocenters. The number of nitrogens with two attached hydrogens (primary N) is 1. The third-order valence-electron chi connectivity index (χ3n) is 2.13. The maximum absolute atomic E-state index is 8.83. The SMILES string of the molecule is CC(N)(CCO)c1ccc(Br)cc1. The average Bonchev–Trinajstić information content (AvgIpc) is 2.05. The van der Waals surface area contributed by atoms with Crippen molar-refractivity contribution in [2.24, 2.45) is 5.73 Å². The Bertz CT molecular complexity index is 269. The number of aliphatic hydroxyl groups excluding tert-OH is 1. The molecule has 0 radical (unpaired) electrons. The molecule has 0 aromatic heterocycles. The first-order valence-corrected chi connectivity index (χ1v) is 5.01. The lowest BCUT2D eigenvalue weighted by Crippen LogP contribution is -2.33. The lowest BCUT2D eigenvalue weighted by atomic mass is 9.90. The Morgan fingerprint density at radius 2 is 1.92 bits per heavy atom. The molecule has 1 aromatic rings. The van der Waals surface area contributed by atoms with Crippen molar-refractivity contribution in [3.05, 3.63) is 34.3 Å². The number of halogens is 1. The number of aliphatic hydroxyl groups is 1. The number of rotatable bonds is 3. The Kier molecular flexibility index (Phi) is 3.47. The molecule has 0 saturated carbocycles. The first-order valence-electron chi connectivity index (χ1n) is 4.22. The van der Waals surface area contributed by atoms with Gasteiger partial charge in [-0.15, -0.1) is 0 Å². The molecule has 0 heterocycles. The number of benzene rings is 1. The second-order valence-electron chi connectivity index (χ2n) is 3.40. The van der Waals surface area contributed by atoms with Gasteiger partial charge in [-0.1, -0.05) is 28.1 Å². The third kappa shape index (κ3) is 2.79. The highest BCUT2D eigenvalue weighted by molar-refractivity contribution is 9.10. The van der Waals surface area contributed by atoms with Crippen LogP contribution in [-0.2, 0) is 5.54 Å². The molecule has 3 N–H and O–H groups in total. The first-order chi connectivity index (χ1) is 6.06. The van der Waals surface area contributed by atoms with E-state index in [1.54, 1.807) is 0 Å². The van der Waals surface area contributed by atoms with Crippen LogP contribution >= 0.6 is 15.9 Å². The molecule has 0 fully saturated rings. The van der Waals surface area contributed by atoms with Crippen LogP contribution in [0.4, 0.5) is 0 Å². The summed E-state index contributed by atoms with van der Waals surface area (Å²) in [4.78, 5) is 0. The molecule has 3 heteroatoms. The maximum Gasteiger partial charge on any atom is 0.0451 e. The van der Waals surface area contributed by atoms with Crippen molar-refractivity contribution in [3.63, 3.8) is 0 Å². The Morgan fingerprint density at radius 1 is 1.38 bits per heavy atom. The summed E-state index contributed by atoms with van der Waals surface area (Å²) in [5, 5.41) is 8.83. The van der Waals surface area contributed by atoms with E-state index in [-0.39, 0.29) is 6.61 Å². The van der Waals surface area contributed by atoms with E-state index in [4.69, 9.17) is 10.8 Å². The fourth-order valence-corrected chi connectivity index (χ4v) is 1.47. The molecular formula is C10H14BrNO. The van der Waals surface area contributed by atoms with Crippen LogP contribution in [0.3, 0.4) is 0 Å². The summed E-state index contributed by atoms with van der Waals surface area (Å²) in [6, 6.07) is 7.86. The van der Waals surface area contributed by atoms with Crippen molar-refractivity contribution in [2.75, 3.05) is 6.61 Å². The van der Waals surface area contributed by atoms with E-state index in [0.29, 0.717) is 6.42 Å². The molecule has 0 amide bonds. The molecule has 2 nitrogen and oxygen atoms in total. The van der Waals surface area contributed by atoms with Crippen LogP contribution in [-0.4, -0.2) is 11.7 Å². The lowest BCUT2D eigenvalue weighted by Gasteiger charge is -2.24. The van der Waals surface area contributed by atoms with Crippen molar-refractivity contribution < 1.29 is 5.11 Å². The predicted octanol–water partition coefficient (Wildman–Crippen LogP) is 2.01. The van der Waals surface area contributed by atoms with Gasteiger partial charge in [-0.25, -0.2) is 0 Å². The Morgan fingerprint density at radius 3 is 2.38 bits per heavy atom. The van der Waals surface area contributed by atoms with Gasteiger partial charge in [0, 0.05) is 16.6 Å². The van der Waals surface area contributed by atoms with Gasteiger partial charge in [-0.2, -0.15) is 0 Å². The smallest absolute Gasteiger partial charge is 0.0451 e. The highest BCUT2D eigenvalue weighted by Gasteiger charge is 2.19. The van der Waals surface area contributed by atoms with Crippen LogP contribution in [0.15, 0.2) is 28.7 Å². The molecule has 0 aliphatic carbocycles. The van der Waals surface area contributed by atoms with Crippen LogP contribution in [0.1, 0.15) is 18.9 Å². The summed E-state index contributed by atoms with van der Waals surface area (Å²) in [5.74, 6) is 0. The van der Waals surface area contributed by atoms with Gasteiger partial charge < -0.3 is 10.8 Å². The van der Waals surface area contributed by atoms with Crippen molar-refractivity contribution in [1.82, 2.24) is 0 Å². The summed E-state index contributed by atoms with van der Waals surface area (Å²) in [7, 11) is 0. The largest absolute Gasteiger partial charge is 0.396 e. The van der Waals surface area contributed by atoms with Crippen molar-refractivity contribution >= 4 is 15.9 Å². The van der Waals surface area contributed by atoms with Crippen LogP contribution < -0.4 is 5.73 Å². The van der Waals surface area contributed by atoms with Crippen LogP contribution in [0.5, 0.6) is 0 Å². The fraction of sp³-hybridized carbons (Fsp3) is 0.400. The first kappa shape index (κ1) is 10.7. The molecular weight excluding hydrogens is 230 g/mol. The van der Waals surface area contributed by atoms with E-state index in [2.05, 4.69) is 15.9 Å². The number of hydrogen-bond acceptors (Lipinski definition) is 2. The summed E-state index contributed by atoms with van der Waals surface area (Å²) in [5.41, 5.74) is 6.63. The second-order valence-corrected chi connectivity index (χ2v) is 4.31. The minimum atomic E-state index is -0.435. The molecule has 13 heavy (non-hydrogen) atoms. The average molecular weight is 244 g/mol. The zero-order valence-corrected chi connectivity index (χ0v) is 9.21. The summed E-state index contributed by atoms with van der Waals surface area (Å²) in [6.07, 6.45) is 0.578. The summed E-state index contributed by atoms with van der Waals surface area (Å²) in [6.45, 7) is 2.04. The fourth-order valence-electron chi connectivity index (χ4n) is 1.21. The van der Waals surface area contributed by atoms with E-state index < -0.39 is 5.54 Å². The van der Waals surface area contributed by atoms with E-state index in [1.165, 1.54) is 0 Å². The zero-order chi connectivity index (χ0) is 9.90. The van der Waals surface area contributed by atoms with Gasteiger partial charge >= 0.3 is 0 Å². The van der Waals surface area contributed by atoms with E-state index in [9.17, 15) is 0 Å². The third-order valence-corrected chi connectivity index (χ3v) is 2.66.